The van der Waals surface area contributed by atoms with Crippen molar-refractivity contribution in [3.63, 3.8) is 0 Å². The molecule has 1 aromatic carbocycles. The van der Waals surface area contributed by atoms with Crippen LogP contribution in [0.15, 0.2) is 49.3 Å². The van der Waals surface area contributed by atoms with Gasteiger partial charge in [0.05, 0.1) is 32.6 Å². The van der Waals surface area contributed by atoms with E-state index in [1.165, 1.54) is 13.2 Å². The van der Waals surface area contributed by atoms with E-state index >= 15 is 0 Å². The van der Waals surface area contributed by atoms with E-state index in [0.717, 1.165) is 10.6 Å². The van der Waals surface area contributed by atoms with Crippen LogP contribution in [0.2, 0.25) is 0 Å². The van der Waals surface area contributed by atoms with Crippen molar-refractivity contribution in [3.8, 4) is 5.75 Å². The summed E-state index contributed by atoms with van der Waals surface area (Å²) >= 11 is 0. The van der Waals surface area contributed by atoms with Crippen molar-refractivity contribution < 1.29 is 28.5 Å². The van der Waals surface area contributed by atoms with Crippen LogP contribution in [0.1, 0.15) is 18.2 Å². The molecule has 3 heterocycles. The Morgan fingerprint density at radius 2 is 2.03 bits per heavy atom. The Hall–Kier alpha value is -3.28. The van der Waals surface area contributed by atoms with Gasteiger partial charge in [-0.25, -0.2) is 9.59 Å². The molecule has 10 nitrogen and oxygen atoms in total. The molecule has 11 heteroatoms. The number of aliphatic hydroxyl groups is 2. The van der Waals surface area contributed by atoms with Crippen molar-refractivity contribution >= 4 is 11.0 Å². The number of hydrogen-bond donors (Lipinski definition) is 2. The first-order valence-corrected chi connectivity index (χ1v) is 9.39. The zero-order valence-corrected chi connectivity index (χ0v) is 16.4. The van der Waals surface area contributed by atoms with Gasteiger partial charge in [-0.3, -0.25) is 13.9 Å². The number of methoxy groups -OCH3 is 1. The normalized spacial score (nSPS) is 21.0. The summed E-state index contributed by atoms with van der Waals surface area (Å²) in [5.41, 5.74) is -2.33. The number of rotatable bonds is 5. The van der Waals surface area contributed by atoms with E-state index in [9.17, 15) is 29.0 Å². The third kappa shape index (κ3) is 3.78. The van der Waals surface area contributed by atoms with Gasteiger partial charge in [-0.1, -0.05) is 0 Å². The summed E-state index contributed by atoms with van der Waals surface area (Å²) in [6.07, 6.45) is -2.41. The van der Waals surface area contributed by atoms with Crippen molar-refractivity contribution in [2.45, 2.75) is 31.4 Å². The zero-order chi connectivity index (χ0) is 22.3. The van der Waals surface area contributed by atoms with Gasteiger partial charge in [0.25, 0.3) is 5.56 Å². The molecule has 4 rings (SSSR count). The first-order chi connectivity index (χ1) is 14.8. The minimum absolute atomic E-state index is 0.0690. The lowest BCUT2D eigenvalue weighted by Crippen LogP contribution is -2.43. The smallest absolute Gasteiger partial charge is 0.336 e. The average Bonchev–Trinajstić information content (AvgIpc) is 3.13. The van der Waals surface area contributed by atoms with E-state index in [-0.39, 0.29) is 17.6 Å². The summed E-state index contributed by atoms with van der Waals surface area (Å²) in [6.45, 7) is -0.883. The molecule has 164 valence electrons. The Balaban J connectivity index is 1.81. The molecular formula is C20H19FN2O8. The topological polar surface area (TPSA) is 133 Å². The van der Waals surface area contributed by atoms with Crippen LogP contribution in [-0.4, -0.2) is 45.3 Å². The summed E-state index contributed by atoms with van der Waals surface area (Å²) in [5.74, 6) is -0.771. The van der Waals surface area contributed by atoms with Crippen molar-refractivity contribution in [2.75, 3.05) is 13.7 Å². The minimum atomic E-state index is -1.21. The van der Waals surface area contributed by atoms with E-state index in [4.69, 9.17) is 13.9 Å². The number of benzene rings is 1. The summed E-state index contributed by atoms with van der Waals surface area (Å²) in [5, 5.41) is 19.6. The molecule has 1 fully saturated rings. The maximum absolute atomic E-state index is 14.4. The highest BCUT2D eigenvalue weighted by Gasteiger charge is 2.35. The number of aliphatic hydroxyl groups excluding tert-OH is 2. The van der Waals surface area contributed by atoms with Gasteiger partial charge in [0.1, 0.15) is 23.7 Å². The van der Waals surface area contributed by atoms with Crippen molar-refractivity contribution in [1.29, 1.82) is 0 Å². The van der Waals surface area contributed by atoms with Crippen LogP contribution in [0.25, 0.3) is 11.0 Å². The predicted molar refractivity (Wildman–Crippen MR) is 105 cm³/mol. The number of fused-ring (bicyclic) bond motifs is 1. The third-order valence-corrected chi connectivity index (χ3v) is 5.21. The second-order valence-electron chi connectivity index (χ2n) is 7.13. The highest BCUT2D eigenvalue weighted by Crippen LogP contribution is 2.27. The molecule has 3 atom stereocenters. The first-order valence-electron chi connectivity index (χ1n) is 9.39. The molecule has 1 unspecified atom stereocenters. The summed E-state index contributed by atoms with van der Waals surface area (Å²) < 4.78 is 31.5. The Kier molecular flexibility index (Phi) is 5.48. The number of aromatic nitrogens is 2. The molecule has 0 spiro atoms. The molecule has 0 aliphatic carbocycles. The van der Waals surface area contributed by atoms with Crippen LogP contribution >= 0.6 is 0 Å². The van der Waals surface area contributed by atoms with E-state index in [1.807, 2.05) is 0 Å². The molecule has 0 bridgehead atoms. The molecule has 0 amide bonds. The fraction of sp³-hybridized carbons (Fsp3) is 0.350. The van der Waals surface area contributed by atoms with Gasteiger partial charge in [-0.05, 0) is 17.7 Å². The van der Waals surface area contributed by atoms with Gasteiger partial charge in [0, 0.05) is 23.9 Å². The molecule has 1 aliphatic heterocycles. The summed E-state index contributed by atoms with van der Waals surface area (Å²) in [6, 6.07) is 5.81. The second-order valence-corrected chi connectivity index (χ2v) is 7.13. The van der Waals surface area contributed by atoms with E-state index in [2.05, 4.69) is 0 Å². The van der Waals surface area contributed by atoms with Crippen LogP contribution in [0, 0.1) is 5.82 Å². The first kappa shape index (κ1) is 21.0. The van der Waals surface area contributed by atoms with Gasteiger partial charge in [-0.15, -0.1) is 0 Å². The van der Waals surface area contributed by atoms with E-state index < -0.39 is 54.3 Å². The van der Waals surface area contributed by atoms with E-state index in [0.29, 0.717) is 21.9 Å². The number of halogens is 1. The fourth-order valence-corrected chi connectivity index (χ4v) is 3.62. The predicted octanol–water partition coefficient (Wildman–Crippen LogP) is -0.0469. The van der Waals surface area contributed by atoms with Crippen molar-refractivity contribution in [2.24, 2.45) is 0 Å². The molecule has 31 heavy (non-hydrogen) atoms. The molecule has 3 aromatic rings. The third-order valence-electron chi connectivity index (χ3n) is 5.21. The van der Waals surface area contributed by atoms with Gasteiger partial charge in [0.2, 0.25) is 5.82 Å². The number of ether oxygens (including phenoxy) is 2. The van der Waals surface area contributed by atoms with Crippen LogP contribution in [0.5, 0.6) is 5.75 Å². The molecule has 0 saturated carbocycles. The Morgan fingerprint density at radius 3 is 2.71 bits per heavy atom. The quantitative estimate of drug-likeness (QED) is 0.534. The lowest BCUT2D eigenvalue weighted by molar-refractivity contribution is -0.0466. The van der Waals surface area contributed by atoms with Gasteiger partial charge in [0.15, 0.2) is 0 Å². The fourth-order valence-electron chi connectivity index (χ4n) is 3.62. The maximum Gasteiger partial charge on any atom is 0.336 e. The zero-order valence-electron chi connectivity index (χ0n) is 16.4. The SMILES string of the molecule is COc1ccc2c(Cn3c(=O)c(F)cn([C@@H]4CC(O)[C@H](CO)O4)c3=O)cc(=O)oc2c1. The lowest BCUT2D eigenvalue weighted by Gasteiger charge is -2.17. The summed E-state index contributed by atoms with van der Waals surface area (Å²) in [4.78, 5) is 37.3. The lowest BCUT2D eigenvalue weighted by atomic mass is 10.1. The van der Waals surface area contributed by atoms with Gasteiger partial charge >= 0.3 is 11.3 Å². The van der Waals surface area contributed by atoms with Crippen molar-refractivity contribution in [1.82, 2.24) is 9.13 Å². The second kappa shape index (κ2) is 8.10. The number of nitrogens with zero attached hydrogens (tertiary/aromatic N) is 2. The van der Waals surface area contributed by atoms with Crippen LogP contribution in [0.3, 0.4) is 0 Å². The molecule has 1 saturated heterocycles. The molecule has 2 aromatic heterocycles. The maximum atomic E-state index is 14.4. The number of hydrogen-bond acceptors (Lipinski definition) is 8. The van der Waals surface area contributed by atoms with Gasteiger partial charge < -0.3 is 24.1 Å². The van der Waals surface area contributed by atoms with E-state index in [1.54, 1.807) is 12.1 Å². The van der Waals surface area contributed by atoms with Crippen LogP contribution < -0.4 is 21.6 Å². The van der Waals surface area contributed by atoms with Crippen LogP contribution in [-0.2, 0) is 11.3 Å². The Bertz CT molecular complexity index is 1310. The summed E-state index contributed by atoms with van der Waals surface area (Å²) in [7, 11) is 1.45. The Labute approximate surface area is 173 Å². The molecule has 2 N–H and O–H groups in total. The van der Waals surface area contributed by atoms with Gasteiger partial charge in [-0.2, -0.15) is 4.39 Å². The standard InChI is InChI=1S/C20H19FN2O8/c1-29-11-2-3-12-10(4-18(26)31-15(12)5-11)7-23-19(27)13(21)8-22(20(23)28)17-6-14(25)16(9-24)30-17/h2-5,8,14,16-17,24-25H,6-7,9H2,1H3/t14?,16-,17-/m0/s1. The highest BCUT2D eigenvalue weighted by atomic mass is 19.1. The highest BCUT2D eigenvalue weighted by molar-refractivity contribution is 5.81. The Morgan fingerprint density at radius 1 is 1.26 bits per heavy atom. The van der Waals surface area contributed by atoms with Crippen LogP contribution in [0.4, 0.5) is 4.39 Å². The monoisotopic (exact) mass is 434 g/mol. The molecular weight excluding hydrogens is 415 g/mol. The largest absolute Gasteiger partial charge is 0.497 e. The average molecular weight is 434 g/mol. The minimum Gasteiger partial charge on any atom is -0.497 e. The van der Waals surface area contributed by atoms with Crippen molar-refractivity contribution in [3.05, 3.63) is 73.1 Å². The molecule has 1 aliphatic rings. The molecule has 0 radical (unpaired) electrons.